The second kappa shape index (κ2) is 9.90. The molecule has 0 radical (unpaired) electrons. The third-order valence-electron chi connectivity index (χ3n) is 5.41. The standard InChI is InChI=1S/C23H20Br2N2O5S/c1-2-32-16-9-15(19(24)20(25)21(16)29)10-17-22(30)27(23(31)33-17)12-18(28)26-8-7-13-5-3-4-6-14(13)11-26/h3-6,9-10,29H,2,7-8,11-12H2,1H3/b17-10-. The molecule has 7 nitrogen and oxygen atoms in total. The van der Waals surface area contributed by atoms with Crippen LogP contribution in [0.5, 0.6) is 11.5 Å². The maximum atomic E-state index is 12.9. The maximum absolute atomic E-state index is 12.9. The van der Waals surface area contributed by atoms with Crippen LogP contribution in [0.2, 0.25) is 0 Å². The van der Waals surface area contributed by atoms with E-state index in [2.05, 4.69) is 37.9 Å². The molecule has 0 aliphatic carbocycles. The van der Waals surface area contributed by atoms with Gasteiger partial charge in [-0.1, -0.05) is 24.3 Å². The van der Waals surface area contributed by atoms with Crippen LogP contribution in [0.1, 0.15) is 23.6 Å². The minimum atomic E-state index is -0.523. The number of benzene rings is 2. The lowest BCUT2D eigenvalue weighted by atomic mass is 10.00. The summed E-state index contributed by atoms with van der Waals surface area (Å²) in [6, 6.07) is 9.53. The van der Waals surface area contributed by atoms with Gasteiger partial charge in [0.25, 0.3) is 11.1 Å². The topological polar surface area (TPSA) is 87.2 Å². The first-order valence-electron chi connectivity index (χ1n) is 10.2. The van der Waals surface area contributed by atoms with E-state index in [9.17, 15) is 19.5 Å². The highest BCUT2D eigenvalue weighted by Gasteiger charge is 2.37. The number of halogens is 2. The molecule has 3 amide bonds. The zero-order chi connectivity index (χ0) is 23.7. The predicted molar refractivity (Wildman–Crippen MR) is 133 cm³/mol. The van der Waals surface area contributed by atoms with Crippen molar-refractivity contribution in [3.63, 3.8) is 0 Å². The smallest absolute Gasteiger partial charge is 0.294 e. The SMILES string of the molecule is CCOc1cc(/C=C2\SC(=O)N(CC(=O)N3CCc4ccccc4C3)C2=O)c(Br)c(Br)c1O. The number of nitrogens with zero attached hydrogens (tertiary/aromatic N) is 2. The molecular weight excluding hydrogens is 576 g/mol. The van der Waals surface area contributed by atoms with Crippen LogP contribution in [0.4, 0.5) is 4.79 Å². The molecule has 33 heavy (non-hydrogen) atoms. The Hall–Kier alpha value is -2.30. The molecule has 0 bridgehead atoms. The number of carbonyl (C=O) groups is 3. The summed E-state index contributed by atoms with van der Waals surface area (Å²) in [7, 11) is 0. The van der Waals surface area contributed by atoms with Crippen molar-refractivity contribution in [2.24, 2.45) is 0 Å². The fraction of sp³-hybridized carbons (Fsp3) is 0.261. The molecule has 0 saturated carbocycles. The Bertz CT molecular complexity index is 1180. The van der Waals surface area contributed by atoms with Gasteiger partial charge in [-0.2, -0.15) is 0 Å². The quantitative estimate of drug-likeness (QED) is 0.493. The Labute approximate surface area is 212 Å². The van der Waals surface area contributed by atoms with E-state index in [4.69, 9.17) is 4.74 Å². The highest BCUT2D eigenvalue weighted by Crippen LogP contribution is 2.43. The Morgan fingerprint density at radius 1 is 1.21 bits per heavy atom. The number of ether oxygens (including phenoxy) is 1. The predicted octanol–water partition coefficient (Wildman–Crippen LogP) is 4.94. The lowest BCUT2D eigenvalue weighted by molar-refractivity contribution is -0.136. The van der Waals surface area contributed by atoms with Crippen molar-refractivity contribution in [2.75, 3.05) is 19.7 Å². The molecule has 1 N–H and O–H groups in total. The van der Waals surface area contributed by atoms with E-state index in [1.54, 1.807) is 24.0 Å². The van der Waals surface area contributed by atoms with Gasteiger partial charge in [0.15, 0.2) is 11.5 Å². The monoisotopic (exact) mass is 594 g/mol. The lowest BCUT2D eigenvalue weighted by Gasteiger charge is -2.29. The summed E-state index contributed by atoms with van der Waals surface area (Å²) in [5.74, 6) is -0.605. The van der Waals surface area contributed by atoms with Crippen LogP contribution in [-0.2, 0) is 22.6 Å². The Kier molecular flexibility index (Phi) is 7.16. The van der Waals surface area contributed by atoms with Gasteiger partial charge in [-0.05, 0) is 85.8 Å². The number of amides is 3. The van der Waals surface area contributed by atoms with Crippen molar-refractivity contribution in [1.29, 1.82) is 0 Å². The van der Waals surface area contributed by atoms with Gasteiger partial charge in [0.1, 0.15) is 6.54 Å². The van der Waals surface area contributed by atoms with E-state index < -0.39 is 11.1 Å². The summed E-state index contributed by atoms with van der Waals surface area (Å²) < 4.78 is 6.33. The third-order valence-corrected chi connectivity index (χ3v) is 8.48. The van der Waals surface area contributed by atoms with E-state index >= 15 is 0 Å². The van der Waals surface area contributed by atoms with Gasteiger partial charge >= 0.3 is 0 Å². The molecule has 4 rings (SSSR count). The van der Waals surface area contributed by atoms with Crippen LogP contribution in [0.15, 0.2) is 44.2 Å². The number of hydrogen-bond acceptors (Lipinski definition) is 6. The molecular formula is C23H20Br2N2O5S. The lowest BCUT2D eigenvalue weighted by Crippen LogP contribution is -2.44. The first-order valence-corrected chi connectivity index (χ1v) is 12.6. The average molecular weight is 596 g/mol. The number of phenols is 1. The molecule has 10 heteroatoms. The zero-order valence-electron chi connectivity index (χ0n) is 17.6. The van der Waals surface area contributed by atoms with Crippen LogP contribution >= 0.6 is 43.6 Å². The Morgan fingerprint density at radius 3 is 2.67 bits per heavy atom. The summed E-state index contributed by atoms with van der Waals surface area (Å²) in [4.78, 5) is 41.2. The zero-order valence-corrected chi connectivity index (χ0v) is 21.6. The molecule has 0 aromatic heterocycles. The van der Waals surface area contributed by atoms with E-state index in [1.165, 1.54) is 5.56 Å². The van der Waals surface area contributed by atoms with Gasteiger partial charge in [-0.15, -0.1) is 0 Å². The second-order valence-electron chi connectivity index (χ2n) is 7.48. The number of phenolic OH excluding ortho intramolecular Hbond substituents is 1. The number of imide groups is 1. The van der Waals surface area contributed by atoms with Crippen molar-refractivity contribution >= 4 is 66.8 Å². The molecule has 2 aliphatic heterocycles. The minimum Gasteiger partial charge on any atom is -0.503 e. The summed E-state index contributed by atoms with van der Waals surface area (Å²) >= 11 is 7.47. The van der Waals surface area contributed by atoms with Crippen molar-refractivity contribution in [2.45, 2.75) is 19.9 Å². The summed E-state index contributed by atoms with van der Waals surface area (Å²) in [5.41, 5.74) is 2.85. The fourth-order valence-electron chi connectivity index (χ4n) is 3.70. The third kappa shape index (κ3) is 4.83. The van der Waals surface area contributed by atoms with Crippen molar-refractivity contribution in [3.8, 4) is 11.5 Å². The van der Waals surface area contributed by atoms with Crippen LogP contribution in [0.3, 0.4) is 0 Å². The molecule has 2 aliphatic rings. The molecule has 1 saturated heterocycles. The second-order valence-corrected chi connectivity index (χ2v) is 10.1. The van der Waals surface area contributed by atoms with Crippen LogP contribution < -0.4 is 4.74 Å². The summed E-state index contributed by atoms with van der Waals surface area (Å²) in [6.07, 6.45) is 2.29. The molecule has 1 fully saturated rings. The summed E-state index contributed by atoms with van der Waals surface area (Å²) in [5, 5.41) is 9.73. The molecule has 0 atom stereocenters. The first kappa shape index (κ1) is 23.8. The number of aromatic hydroxyl groups is 1. The number of rotatable bonds is 5. The van der Waals surface area contributed by atoms with Crippen LogP contribution in [0.25, 0.3) is 6.08 Å². The number of carbonyl (C=O) groups excluding carboxylic acids is 3. The fourth-order valence-corrected chi connectivity index (χ4v) is 5.37. The van der Waals surface area contributed by atoms with Gasteiger partial charge in [0, 0.05) is 17.6 Å². The van der Waals surface area contributed by atoms with Crippen LogP contribution in [0, 0.1) is 0 Å². The highest BCUT2D eigenvalue weighted by molar-refractivity contribution is 9.13. The van der Waals surface area contributed by atoms with Crippen molar-refractivity contribution in [3.05, 3.63) is 60.9 Å². The number of hydrogen-bond donors (Lipinski definition) is 1. The number of fused-ring (bicyclic) bond motifs is 1. The molecule has 0 unspecified atom stereocenters. The van der Waals surface area contributed by atoms with E-state index in [0.717, 1.165) is 28.6 Å². The highest BCUT2D eigenvalue weighted by atomic mass is 79.9. The number of thioether (sulfide) groups is 1. The molecule has 2 aromatic rings. The first-order chi connectivity index (χ1) is 15.8. The molecule has 172 valence electrons. The largest absolute Gasteiger partial charge is 0.503 e. The van der Waals surface area contributed by atoms with E-state index in [-0.39, 0.29) is 28.9 Å². The molecule has 0 spiro atoms. The normalized spacial score (nSPS) is 17.0. The van der Waals surface area contributed by atoms with Crippen molar-refractivity contribution in [1.82, 2.24) is 9.80 Å². The minimum absolute atomic E-state index is 0.0670. The average Bonchev–Trinajstić information content (AvgIpc) is 3.07. The van der Waals surface area contributed by atoms with Crippen LogP contribution in [-0.4, -0.2) is 51.7 Å². The van der Waals surface area contributed by atoms with Gasteiger partial charge in [0.2, 0.25) is 5.91 Å². The van der Waals surface area contributed by atoms with Crippen molar-refractivity contribution < 1.29 is 24.2 Å². The summed E-state index contributed by atoms with van der Waals surface area (Å²) in [6.45, 7) is 2.86. The van der Waals surface area contributed by atoms with Gasteiger partial charge in [-0.3, -0.25) is 19.3 Å². The Morgan fingerprint density at radius 2 is 1.94 bits per heavy atom. The van der Waals surface area contributed by atoms with Gasteiger partial charge < -0.3 is 14.7 Å². The maximum Gasteiger partial charge on any atom is 0.294 e. The van der Waals surface area contributed by atoms with Gasteiger partial charge in [-0.25, -0.2) is 0 Å². The van der Waals surface area contributed by atoms with Gasteiger partial charge in [0.05, 0.1) is 16.0 Å². The molecule has 2 aromatic carbocycles. The Balaban J connectivity index is 1.51. The van der Waals surface area contributed by atoms with E-state index in [0.29, 0.717) is 34.2 Å². The molecule has 2 heterocycles. The van der Waals surface area contributed by atoms with E-state index in [1.807, 2.05) is 18.2 Å².